The van der Waals surface area contributed by atoms with Crippen LogP contribution in [0.4, 0.5) is 0 Å². The van der Waals surface area contributed by atoms with Crippen molar-refractivity contribution in [2.45, 2.75) is 37.2 Å². The number of amides is 1. The first-order chi connectivity index (χ1) is 13.9. The first-order valence-corrected chi connectivity index (χ1v) is 10.9. The van der Waals surface area contributed by atoms with Crippen LogP contribution in [-0.2, 0) is 21.4 Å². The molecular formula is C21H26N2O5S. The standard InChI is InChI=1S/C21H26N2O5S/c1-15-10-11-17(27-2)13-20(15)29(25,26)23-12-6-8-18(23)21(24)22-14-16-7-4-5-9-19(16)28-3/h4-5,7,9-11,13,18H,6,8,12,14H2,1-3H3,(H,22,24)/t18-/m1/s1. The molecule has 0 aromatic heterocycles. The number of methoxy groups -OCH3 is 2. The Morgan fingerprint density at radius 1 is 1.17 bits per heavy atom. The summed E-state index contributed by atoms with van der Waals surface area (Å²) in [7, 11) is -0.761. The van der Waals surface area contributed by atoms with E-state index in [1.165, 1.54) is 17.5 Å². The number of aryl methyl sites for hydroxylation is 1. The number of nitrogens with one attached hydrogen (secondary N) is 1. The van der Waals surface area contributed by atoms with Crippen molar-refractivity contribution in [3.63, 3.8) is 0 Å². The molecule has 0 spiro atoms. The fourth-order valence-electron chi connectivity index (χ4n) is 3.55. The molecule has 1 fully saturated rings. The number of carbonyl (C=O) groups is 1. The third-order valence-corrected chi connectivity index (χ3v) is 7.18. The lowest BCUT2D eigenvalue weighted by atomic mass is 10.2. The summed E-state index contributed by atoms with van der Waals surface area (Å²) in [5, 5.41) is 2.86. The minimum Gasteiger partial charge on any atom is -0.497 e. The van der Waals surface area contributed by atoms with Crippen LogP contribution in [0.15, 0.2) is 47.4 Å². The van der Waals surface area contributed by atoms with Gasteiger partial charge in [-0.25, -0.2) is 8.42 Å². The van der Waals surface area contributed by atoms with Gasteiger partial charge in [0, 0.05) is 24.7 Å². The average Bonchev–Trinajstić information content (AvgIpc) is 3.23. The molecule has 29 heavy (non-hydrogen) atoms. The molecule has 1 amide bonds. The van der Waals surface area contributed by atoms with E-state index >= 15 is 0 Å². The molecule has 0 bridgehead atoms. The highest BCUT2D eigenvalue weighted by atomic mass is 32.2. The molecule has 1 N–H and O–H groups in total. The highest BCUT2D eigenvalue weighted by Crippen LogP contribution is 2.30. The third kappa shape index (κ3) is 4.38. The Labute approximate surface area is 171 Å². The van der Waals surface area contributed by atoms with E-state index in [0.29, 0.717) is 36.4 Å². The van der Waals surface area contributed by atoms with Crippen LogP contribution in [0, 0.1) is 6.92 Å². The predicted molar refractivity (Wildman–Crippen MR) is 109 cm³/mol. The van der Waals surface area contributed by atoms with E-state index in [1.807, 2.05) is 24.3 Å². The molecule has 1 heterocycles. The number of sulfonamides is 1. The van der Waals surface area contributed by atoms with Crippen molar-refractivity contribution < 1.29 is 22.7 Å². The topological polar surface area (TPSA) is 84.9 Å². The number of ether oxygens (including phenoxy) is 2. The van der Waals surface area contributed by atoms with Gasteiger partial charge in [0.15, 0.2) is 0 Å². The summed E-state index contributed by atoms with van der Waals surface area (Å²) in [6.45, 7) is 2.32. The van der Waals surface area contributed by atoms with Crippen LogP contribution in [0.25, 0.3) is 0 Å². The van der Waals surface area contributed by atoms with Crippen molar-refractivity contribution in [3.8, 4) is 11.5 Å². The van der Waals surface area contributed by atoms with E-state index in [1.54, 1.807) is 26.2 Å². The van der Waals surface area contributed by atoms with Crippen LogP contribution in [-0.4, -0.2) is 45.4 Å². The molecule has 8 heteroatoms. The van der Waals surface area contributed by atoms with Gasteiger partial charge in [-0.3, -0.25) is 4.79 Å². The maximum Gasteiger partial charge on any atom is 0.244 e. The van der Waals surface area contributed by atoms with E-state index in [9.17, 15) is 13.2 Å². The normalized spacial score (nSPS) is 17.1. The Kier molecular flexibility index (Phi) is 6.44. The highest BCUT2D eigenvalue weighted by Gasteiger charge is 2.40. The molecule has 1 aliphatic heterocycles. The number of carbonyl (C=O) groups excluding carboxylic acids is 1. The first-order valence-electron chi connectivity index (χ1n) is 9.44. The van der Waals surface area contributed by atoms with Crippen LogP contribution in [0.1, 0.15) is 24.0 Å². The average molecular weight is 419 g/mol. The molecule has 1 saturated heterocycles. The molecular weight excluding hydrogens is 392 g/mol. The fraction of sp³-hybridized carbons (Fsp3) is 0.381. The van der Waals surface area contributed by atoms with Gasteiger partial charge in [-0.05, 0) is 37.5 Å². The molecule has 7 nitrogen and oxygen atoms in total. The lowest BCUT2D eigenvalue weighted by Crippen LogP contribution is -2.45. The van der Waals surface area contributed by atoms with Crippen LogP contribution < -0.4 is 14.8 Å². The summed E-state index contributed by atoms with van der Waals surface area (Å²) in [6.07, 6.45) is 1.12. The Balaban J connectivity index is 1.79. The minimum absolute atomic E-state index is 0.168. The molecule has 0 radical (unpaired) electrons. The Bertz CT molecular complexity index is 990. The summed E-state index contributed by atoms with van der Waals surface area (Å²) in [5.74, 6) is 0.832. The van der Waals surface area contributed by atoms with Crippen molar-refractivity contribution >= 4 is 15.9 Å². The Hall–Kier alpha value is -2.58. The van der Waals surface area contributed by atoms with Gasteiger partial charge in [-0.15, -0.1) is 0 Å². The number of rotatable bonds is 7. The number of hydrogen-bond acceptors (Lipinski definition) is 5. The van der Waals surface area contributed by atoms with Gasteiger partial charge in [0.1, 0.15) is 17.5 Å². The van der Waals surface area contributed by atoms with E-state index in [4.69, 9.17) is 9.47 Å². The van der Waals surface area contributed by atoms with Gasteiger partial charge in [-0.1, -0.05) is 24.3 Å². The molecule has 2 aromatic rings. The molecule has 1 atom stereocenters. The zero-order chi connectivity index (χ0) is 21.0. The van der Waals surface area contributed by atoms with Crippen LogP contribution in [0.5, 0.6) is 11.5 Å². The van der Waals surface area contributed by atoms with Crippen LogP contribution in [0.3, 0.4) is 0 Å². The van der Waals surface area contributed by atoms with Gasteiger partial charge in [0.2, 0.25) is 15.9 Å². The van der Waals surface area contributed by atoms with Crippen molar-refractivity contribution in [3.05, 3.63) is 53.6 Å². The molecule has 1 aliphatic rings. The van der Waals surface area contributed by atoms with E-state index < -0.39 is 16.1 Å². The summed E-state index contributed by atoms with van der Waals surface area (Å²) in [6, 6.07) is 11.6. The SMILES string of the molecule is COc1ccc(C)c(S(=O)(=O)N2CCC[C@@H]2C(=O)NCc2ccccc2OC)c1. The number of para-hydroxylation sites is 1. The monoisotopic (exact) mass is 418 g/mol. The molecule has 0 saturated carbocycles. The Morgan fingerprint density at radius 3 is 2.66 bits per heavy atom. The van der Waals surface area contributed by atoms with E-state index in [-0.39, 0.29) is 17.3 Å². The maximum absolute atomic E-state index is 13.3. The molecule has 156 valence electrons. The number of benzene rings is 2. The summed E-state index contributed by atoms with van der Waals surface area (Å²) in [5.41, 5.74) is 1.45. The lowest BCUT2D eigenvalue weighted by molar-refractivity contribution is -0.124. The molecule has 0 aliphatic carbocycles. The van der Waals surface area contributed by atoms with Crippen molar-refractivity contribution in [1.29, 1.82) is 0 Å². The second-order valence-electron chi connectivity index (χ2n) is 6.93. The van der Waals surface area contributed by atoms with Crippen LogP contribution >= 0.6 is 0 Å². The van der Waals surface area contributed by atoms with Gasteiger partial charge < -0.3 is 14.8 Å². The zero-order valence-electron chi connectivity index (χ0n) is 16.8. The third-order valence-electron chi connectivity index (χ3n) is 5.13. The van der Waals surface area contributed by atoms with Gasteiger partial charge in [0.05, 0.1) is 19.1 Å². The largest absolute Gasteiger partial charge is 0.497 e. The van der Waals surface area contributed by atoms with Gasteiger partial charge in [0.25, 0.3) is 0 Å². The van der Waals surface area contributed by atoms with Gasteiger partial charge in [-0.2, -0.15) is 4.31 Å². The first kappa shape index (κ1) is 21.1. The Morgan fingerprint density at radius 2 is 1.93 bits per heavy atom. The zero-order valence-corrected chi connectivity index (χ0v) is 17.7. The summed E-state index contributed by atoms with van der Waals surface area (Å²) < 4.78 is 38.3. The second kappa shape index (κ2) is 8.84. The van der Waals surface area contributed by atoms with E-state index in [2.05, 4.69) is 5.32 Å². The second-order valence-corrected chi connectivity index (χ2v) is 8.79. The molecule has 3 rings (SSSR count). The number of nitrogens with zero attached hydrogens (tertiary/aromatic N) is 1. The minimum atomic E-state index is -3.82. The number of hydrogen-bond donors (Lipinski definition) is 1. The maximum atomic E-state index is 13.3. The fourth-order valence-corrected chi connectivity index (χ4v) is 5.45. The predicted octanol–water partition coefficient (Wildman–Crippen LogP) is 2.48. The highest BCUT2D eigenvalue weighted by molar-refractivity contribution is 7.89. The molecule has 0 unspecified atom stereocenters. The summed E-state index contributed by atoms with van der Waals surface area (Å²) in [4.78, 5) is 13.0. The lowest BCUT2D eigenvalue weighted by Gasteiger charge is -2.24. The molecule has 2 aromatic carbocycles. The van der Waals surface area contributed by atoms with Crippen molar-refractivity contribution in [2.24, 2.45) is 0 Å². The quantitative estimate of drug-likeness (QED) is 0.747. The van der Waals surface area contributed by atoms with Crippen molar-refractivity contribution in [2.75, 3.05) is 20.8 Å². The van der Waals surface area contributed by atoms with Crippen LogP contribution in [0.2, 0.25) is 0 Å². The summed E-state index contributed by atoms with van der Waals surface area (Å²) >= 11 is 0. The van der Waals surface area contributed by atoms with Crippen molar-refractivity contribution in [1.82, 2.24) is 9.62 Å². The van der Waals surface area contributed by atoms with Gasteiger partial charge >= 0.3 is 0 Å². The smallest absolute Gasteiger partial charge is 0.244 e. The van der Waals surface area contributed by atoms with E-state index in [0.717, 1.165) is 5.56 Å².